The average molecular weight is 446 g/mol. The smallest absolute Gasteiger partial charge is 0.251 e. The fourth-order valence-electron chi connectivity index (χ4n) is 4.53. The van der Waals surface area contributed by atoms with Gasteiger partial charge >= 0.3 is 0 Å². The van der Waals surface area contributed by atoms with Crippen molar-refractivity contribution in [2.24, 2.45) is 0 Å². The molecule has 2 heterocycles. The van der Waals surface area contributed by atoms with Crippen molar-refractivity contribution < 1.29 is 14.3 Å². The summed E-state index contributed by atoms with van der Waals surface area (Å²) in [6.07, 6.45) is 7.96. The molecule has 1 aromatic heterocycles. The van der Waals surface area contributed by atoms with Gasteiger partial charge in [-0.15, -0.1) is 0 Å². The van der Waals surface area contributed by atoms with Crippen LogP contribution in [0.4, 0.5) is 0 Å². The molecular formula is C27H31N3O3. The van der Waals surface area contributed by atoms with Gasteiger partial charge in [0.1, 0.15) is 17.3 Å². The van der Waals surface area contributed by atoms with Crippen LogP contribution in [0, 0.1) is 6.92 Å². The number of imidazole rings is 1. The van der Waals surface area contributed by atoms with Gasteiger partial charge in [-0.3, -0.25) is 4.79 Å². The topological polar surface area (TPSA) is 65.4 Å². The molecule has 0 radical (unpaired) electrons. The van der Waals surface area contributed by atoms with E-state index in [4.69, 9.17) is 14.5 Å². The number of methoxy groups -OCH3 is 1. The normalized spacial score (nSPS) is 16.1. The molecule has 6 heteroatoms. The summed E-state index contributed by atoms with van der Waals surface area (Å²) in [6.45, 7) is 5.00. The molecular weight excluding hydrogens is 414 g/mol. The minimum absolute atomic E-state index is 0.137. The molecule has 0 bridgehead atoms. The summed E-state index contributed by atoms with van der Waals surface area (Å²) in [5.41, 5.74) is 4.57. The Morgan fingerprint density at radius 3 is 2.73 bits per heavy atom. The molecule has 1 unspecified atom stereocenters. The van der Waals surface area contributed by atoms with E-state index in [9.17, 15) is 4.79 Å². The van der Waals surface area contributed by atoms with Crippen LogP contribution in [-0.2, 0) is 13.0 Å². The van der Waals surface area contributed by atoms with E-state index in [1.54, 1.807) is 13.2 Å². The fraction of sp³-hybridized carbons (Fsp3) is 0.407. The van der Waals surface area contributed by atoms with Crippen LogP contribution in [0.5, 0.6) is 11.5 Å². The molecule has 3 aromatic rings. The van der Waals surface area contributed by atoms with E-state index < -0.39 is 0 Å². The lowest BCUT2D eigenvalue weighted by molar-refractivity contribution is 0.0936. The second kappa shape index (κ2) is 8.93. The number of rotatable bonds is 7. The number of nitrogens with zero attached hydrogens (tertiary/aromatic N) is 2. The molecule has 0 spiro atoms. The highest BCUT2D eigenvalue weighted by Crippen LogP contribution is 2.35. The van der Waals surface area contributed by atoms with E-state index in [1.165, 1.54) is 6.42 Å². The second-order valence-electron chi connectivity index (χ2n) is 9.14. The standard InChI is InChI=1S/C27H31N3O3/c1-17-9-10-20(15-25(17)32-3)27(31)28-18(2)22-14-19(11-12-24(22)33-21-6-4-7-21)23-16-30-13-5-8-26(30)29-23/h9-12,14-16,18,21H,4-8,13H2,1-3H3,(H,28,31). The van der Waals surface area contributed by atoms with Crippen molar-refractivity contribution >= 4 is 5.91 Å². The van der Waals surface area contributed by atoms with Crippen LogP contribution >= 0.6 is 0 Å². The summed E-state index contributed by atoms with van der Waals surface area (Å²) in [5, 5.41) is 3.15. The quantitative estimate of drug-likeness (QED) is 0.540. The van der Waals surface area contributed by atoms with Crippen molar-refractivity contribution in [3.63, 3.8) is 0 Å². The number of benzene rings is 2. The summed E-state index contributed by atoms with van der Waals surface area (Å²) in [6, 6.07) is 11.5. The van der Waals surface area contributed by atoms with Gasteiger partial charge in [-0.2, -0.15) is 0 Å². The highest BCUT2D eigenvalue weighted by molar-refractivity contribution is 5.95. The molecule has 1 N–H and O–H groups in total. The highest BCUT2D eigenvalue weighted by Gasteiger charge is 2.24. The molecule has 6 nitrogen and oxygen atoms in total. The van der Waals surface area contributed by atoms with Crippen molar-refractivity contribution in [1.82, 2.24) is 14.9 Å². The maximum Gasteiger partial charge on any atom is 0.251 e. The zero-order valence-corrected chi connectivity index (χ0v) is 19.6. The van der Waals surface area contributed by atoms with Crippen LogP contribution in [-0.4, -0.2) is 28.7 Å². The van der Waals surface area contributed by atoms with Gasteiger partial charge in [-0.1, -0.05) is 6.07 Å². The van der Waals surface area contributed by atoms with Gasteiger partial charge in [-0.05, 0) is 75.4 Å². The number of fused-ring (bicyclic) bond motifs is 1. The maximum absolute atomic E-state index is 13.0. The predicted molar refractivity (Wildman–Crippen MR) is 128 cm³/mol. The molecule has 172 valence electrons. The van der Waals surface area contributed by atoms with Gasteiger partial charge in [0.15, 0.2) is 0 Å². The Morgan fingerprint density at radius 1 is 1.15 bits per heavy atom. The lowest BCUT2D eigenvalue weighted by Crippen LogP contribution is -2.29. The summed E-state index contributed by atoms with van der Waals surface area (Å²) in [4.78, 5) is 17.9. The predicted octanol–water partition coefficient (Wildman–Crippen LogP) is 5.24. The third-order valence-corrected chi connectivity index (χ3v) is 6.79. The van der Waals surface area contributed by atoms with Crippen LogP contribution in [0.1, 0.15) is 66.0 Å². The fourth-order valence-corrected chi connectivity index (χ4v) is 4.53. The maximum atomic E-state index is 13.0. The Bertz CT molecular complexity index is 1160. The minimum Gasteiger partial charge on any atom is -0.496 e. The monoisotopic (exact) mass is 445 g/mol. The van der Waals surface area contributed by atoms with E-state index in [-0.39, 0.29) is 18.1 Å². The first-order chi connectivity index (χ1) is 16.0. The van der Waals surface area contributed by atoms with Gasteiger partial charge in [0, 0.05) is 35.9 Å². The zero-order chi connectivity index (χ0) is 22.9. The van der Waals surface area contributed by atoms with Crippen LogP contribution in [0.25, 0.3) is 11.3 Å². The number of aryl methyl sites for hydroxylation is 3. The van der Waals surface area contributed by atoms with E-state index in [1.807, 2.05) is 32.0 Å². The first-order valence-electron chi connectivity index (χ1n) is 11.8. The van der Waals surface area contributed by atoms with Crippen molar-refractivity contribution in [3.05, 3.63) is 65.1 Å². The van der Waals surface area contributed by atoms with Gasteiger partial charge < -0.3 is 19.4 Å². The molecule has 1 amide bonds. The third kappa shape index (κ3) is 4.34. The van der Waals surface area contributed by atoms with Crippen molar-refractivity contribution in [3.8, 4) is 22.8 Å². The average Bonchev–Trinajstić information content (AvgIpc) is 3.39. The number of nitrogens with one attached hydrogen (secondary N) is 1. The second-order valence-corrected chi connectivity index (χ2v) is 9.14. The van der Waals surface area contributed by atoms with Gasteiger partial charge in [-0.25, -0.2) is 4.98 Å². The Labute approximate surface area is 194 Å². The number of hydrogen-bond donors (Lipinski definition) is 1. The number of carbonyl (C=O) groups excluding carboxylic acids is 1. The Balaban J connectivity index is 1.42. The molecule has 1 fully saturated rings. The Morgan fingerprint density at radius 2 is 2.00 bits per heavy atom. The molecule has 0 saturated heterocycles. The number of carbonyl (C=O) groups is 1. The number of amides is 1. The Kier molecular flexibility index (Phi) is 5.83. The van der Waals surface area contributed by atoms with Crippen LogP contribution in [0.3, 0.4) is 0 Å². The first-order valence-corrected chi connectivity index (χ1v) is 11.8. The lowest BCUT2D eigenvalue weighted by Gasteiger charge is -2.29. The molecule has 2 aliphatic rings. The molecule has 1 aliphatic carbocycles. The van der Waals surface area contributed by atoms with Crippen LogP contribution < -0.4 is 14.8 Å². The number of ether oxygens (including phenoxy) is 2. The molecule has 2 aromatic carbocycles. The highest BCUT2D eigenvalue weighted by atomic mass is 16.5. The largest absolute Gasteiger partial charge is 0.496 e. The lowest BCUT2D eigenvalue weighted by atomic mass is 9.95. The van der Waals surface area contributed by atoms with Crippen molar-refractivity contribution in [2.75, 3.05) is 7.11 Å². The van der Waals surface area contributed by atoms with Crippen molar-refractivity contribution in [1.29, 1.82) is 0 Å². The van der Waals surface area contributed by atoms with Gasteiger partial charge in [0.25, 0.3) is 5.91 Å². The first kappa shape index (κ1) is 21.6. The van der Waals surface area contributed by atoms with E-state index in [0.717, 1.165) is 66.2 Å². The number of hydrogen-bond acceptors (Lipinski definition) is 4. The number of aromatic nitrogens is 2. The summed E-state index contributed by atoms with van der Waals surface area (Å²) < 4.78 is 13.9. The van der Waals surface area contributed by atoms with Crippen LogP contribution in [0.15, 0.2) is 42.6 Å². The van der Waals surface area contributed by atoms with Crippen molar-refractivity contribution in [2.45, 2.75) is 64.6 Å². The molecule has 5 rings (SSSR count). The molecule has 1 saturated carbocycles. The summed E-state index contributed by atoms with van der Waals surface area (Å²) in [7, 11) is 1.62. The third-order valence-electron chi connectivity index (χ3n) is 6.79. The molecule has 1 aliphatic heterocycles. The van der Waals surface area contributed by atoms with E-state index in [0.29, 0.717) is 11.3 Å². The van der Waals surface area contributed by atoms with E-state index >= 15 is 0 Å². The van der Waals surface area contributed by atoms with Gasteiger partial charge in [0.05, 0.1) is 24.9 Å². The zero-order valence-electron chi connectivity index (χ0n) is 19.6. The van der Waals surface area contributed by atoms with Gasteiger partial charge in [0.2, 0.25) is 0 Å². The van der Waals surface area contributed by atoms with E-state index in [2.05, 4.69) is 28.2 Å². The summed E-state index contributed by atoms with van der Waals surface area (Å²) in [5.74, 6) is 2.56. The molecule has 1 atom stereocenters. The minimum atomic E-state index is -0.228. The summed E-state index contributed by atoms with van der Waals surface area (Å²) >= 11 is 0. The SMILES string of the molecule is COc1cc(C(=O)NC(C)c2cc(-c3cn4c(n3)CCC4)ccc2OC2CCC2)ccc1C. The van der Waals surface area contributed by atoms with Crippen LogP contribution in [0.2, 0.25) is 0 Å². The molecule has 33 heavy (non-hydrogen) atoms. The Hall–Kier alpha value is -3.28.